The highest BCUT2D eigenvalue weighted by Crippen LogP contribution is 2.17. The zero-order chi connectivity index (χ0) is 23.8. The lowest BCUT2D eigenvalue weighted by molar-refractivity contribution is 0.0600. The van der Waals surface area contributed by atoms with Crippen LogP contribution in [0.1, 0.15) is 31.8 Å². The number of carbonyl (C=O) groups excluding carboxylic acids is 2. The molecule has 1 N–H and O–H groups in total. The monoisotopic (exact) mass is 456 g/mol. The number of methoxy groups -OCH3 is 1. The molecule has 0 atom stereocenters. The van der Waals surface area contributed by atoms with Gasteiger partial charge in [-0.15, -0.1) is 0 Å². The molecule has 34 heavy (non-hydrogen) atoms. The Labute approximate surface area is 199 Å². The van der Waals surface area contributed by atoms with E-state index in [9.17, 15) is 9.59 Å². The van der Waals surface area contributed by atoms with Gasteiger partial charge in [0.2, 0.25) is 0 Å². The Balaban J connectivity index is 1.24. The Hall–Kier alpha value is -3.97. The summed E-state index contributed by atoms with van der Waals surface area (Å²) < 4.78 is 4.68. The van der Waals surface area contributed by atoms with Gasteiger partial charge in [0.05, 0.1) is 18.9 Å². The predicted molar refractivity (Wildman–Crippen MR) is 133 cm³/mol. The van der Waals surface area contributed by atoms with E-state index < -0.39 is 5.97 Å². The molecule has 7 nitrogen and oxygen atoms in total. The summed E-state index contributed by atoms with van der Waals surface area (Å²) in [6.07, 6.45) is 1.53. The van der Waals surface area contributed by atoms with Crippen LogP contribution < -0.4 is 10.3 Å². The van der Waals surface area contributed by atoms with Gasteiger partial charge in [0.1, 0.15) is 0 Å². The number of nitrogens with one attached hydrogen (secondary N) is 1. The average molecular weight is 457 g/mol. The van der Waals surface area contributed by atoms with Gasteiger partial charge in [-0.05, 0) is 47.5 Å². The molecule has 7 heteroatoms. The van der Waals surface area contributed by atoms with Crippen molar-refractivity contribution in [3.8, 4) is 0 Å². The van der Waals surface area contributed by atoms with Crippen LogP contribution in [0.25, 0.3) is 0 Å². The molecule has 3 aromatic carbocycles. The fraction of sp³-hybridized carbons (Fsp3) is 0.222. The first-order chi connectivity index (χ1) is 16.6. The fourth-order valence-electron chi connectivity index (χ4n) is 3.88. The Bertz CT molecular complexity index is 1120. The van der Waals surface area contributed by atoms with Crippen molar-refractivity contribution in [2.75, 3.05) is 38.2 Å². The van der Waals surface area contributed by atoms with Crippen molar-refractivity contribution in [1.82, 2.24) is 10.3 Å². The van der Waals surface area contributed by atoms with Crippen molar-refractivity contribution in [3.63, 3.8) is 0 Å². The number of hydrogen-bond donors (Lipinski definition) is 1. The molecule has 0 bridgehead atoms. The normalized spacial score (nSPS) is 14.2. The maximum absolute atomic E-state index is 12.4. The van der Waals surface area contributed by atoms with Crippen LogP contribution in [0, 0.1) is 0 Å². The molecule has 0 saturated carbocycles. The molecule has 1 saturated heterocycles. The van der Waals surface area contributed by atoms with E-state index in [1.54, 1.807) is 24.3 Å². The number of nitrogens with zero attached hydrogens (tertiary/aromatic N) is 3. The number of para-hydroxylation sites is 1. The third kappa shape index (κ3) is 6.08. The summed E-state index contributed by atoms with van der Waals surface area (Å²) in [6.45, 7) is 4.89. The van der Waals surface area contributed by atoms with E-state index in [2.05, 4.69) is 49.3 Å². The molecule has 0 aromatic heterocycles. The highest BCUT2D eigenvalue weighted by atomic mass is 16.5. The summed E-state index contributed by atoms with van der Waals surface area (Å²) in [4.78, 5) is 28.7. The summed E-state index contributed by atoms with van der Waals surface area (Å²) in [5, 5.41) is 4.01. The quantitative estimate of drug-likeness (QED) is 0.334. The van der Waals surface area contributed by atoms with Crippen molar-refractivity contribution in [2.45, 2.75) is 6.54 Å². The number of piperazine rings is 1. The molecular weight excluding hydrogens is 428 g/mol. The smallest absolute Gasteiger partial charge is 0.337 e. The summed E-state index contributed by atoms with van der Waals surface area (Å²) in [6, 6.07) is 24.9. The molecule has 0 unspecified atom stereocenters. The second-order valence-electron chi connectivity index (χ2n) is 8.11. The van der Waals surface area contributed by atoms with Gasteiger partial charge in [-0.2, -0.15) is 5.10 Å². The molecular formula is C27H28N4O3. The number of amides is 1. The summed E-state index contributed by atoms with van der Waals surface area (Å²) >= 11 is 0. The third-order valence-electron chi connectivity index (χ3n) is 5.83. The number of esters is 1. The van der Waals surface area contributed by atoms with E-state index in [1.807, 2.05) is 30.3 Å². The topological polar surface area (TPSA) is 74.2 Å². The van der Waals surface area contributed by atoms with Gasteiger partial charge < -0.3 is 9.64 Å². The van der Waals surface area contributed by atoms with Crippen LogP contribution in [-0.2, 0) is 11.3 Å². The van der Waals surface area contributed by atoms with Crippen LogP contribution in [0.2, 0.25) is 0 Å². The van der Waals surface area contributed by atoms with Crippen molar-refractivity contribution in [2.24, 2.45) is 5.10 Å². The summed E-state index contributed by atoms with van der Waals surface area (Å²) in [5.41, 5.74) is 6.77. The van der Waals surface area contributed by atoms with Crippen molar-refractivity contribution in [1.29, 1.82) is 0 Å². The first-order valence-electron chi connectivity index (χ1n) is 11.3. The Morgan fingerprint density at radius 3 is 2.18 bits per heavy atom. The van der Waals surface area contributed by atoms with Crippen molar-refractivity contribution in [3.05, 3.63) is 101 Å². The highest BCUT2D eigenvalue weighted by molar-refractivity contribution is 5.95. The molecule has 1 heterocycles. The minimum absolute atomic E-state index is 0.273. The van der Waals surface area contributed by atoms with Gasteiger partial charge in [0.25, 0.3) is 5.91 Å². The number of hydrogen-bond acceptors (Lipinski definition) is 6. The van der Waals surface area contributed by atoms with Crippen molar-refractivity contribution >= 4 is 23.8 Å². The van der Waals surface area contributed by atoms with Crippen LogP contribution in [-0.4, -0.2) is 56.3 Å². The zero-order valence-electron chi connectivity index (χ0n) is 19.2. The van der Waals surface area contributed by atoms with Gasteiger partial charge in [-0.3, -0.25) is 9.69 Å². The largest absolute Gasteiger partial charge is 0.465 e. The van der Waals surface area contributed by atoms with E-state index in [4.69, 9.17) is 0 Å². The Morgan fingerprint density at radius 2 is 1.53 bits per heavy atom. The lowest BCUT2D eigenvalue weighted by Gasteiger charge is -2.36. The van der Waals surface area contributed by atoms with Gasteiger partial charge >= 0.3 is 5.97 Å². The number of hydrazone groups is 1. The van der Waals surface area contributed by atoms with Crippen LogP contribution in [0.3, 0.4) is 0 Å². The molecule has 4 rings (SSSR count). The standard InChI is InChI=1S/C27H28N4O3/c1-34-27(33)24-13-7-21(8-14-24)19-28-29-26(32)23-11-9-22(10-12-23)20-30-15-17-31(18-16-30)25-5-3-2-4-6-25/h2-14,19H,15-18,20H2,1H3,(H,29,32). The van der Waals surface area contributed by atoms with Crippen LogP contribution in [0.4, 0.5) is 5.69 Å². The van der Waals surface area contributed by atoms with E-state index in [1.165, 1.54) is 24.6 Å². The number of ether oxygens (including phenoxy) is 1. The van der Waals surface area contributed by atoms with E-state index in [0.29, 0.717) is 11.1 Å². The zero-order valence-corrected chi connectivity index (χ0v) is 19.2. The first-order valence-corrected chi connectivity index (χ1v) is 11.3. The van der Waals surface area contributed by atoms with E-state index in [0.717, 1.165) is 38.3 Å². The predicted octanol–water partition coefficient (Wildman–Crippen LogP) is 3.56. The lowest BCUT2D eigenvalue weighted by Crippen LogP contribution is -2.45. The highest BCUT2D eigenvalue weighted by Gasteiger charge is 2.17. The number of carbonyl (C=O) groups is 2. The minimum Gasteiger partial charge on any atom is -0.465 e. The maximum atomic E-state index is 12.4. The SMILES string of the molecule is COC(=O)c1ccc(C=NNC(=O)c2ccc(CN3CCN(c4ccccc4)CC3)cc2)cc1. The number of rotatable bonds is 7. The Morgan fingerprint density at radius 1 is 0.882 bits per heavy atom. The summed E-state index contributed by atoms with van der Waals surface area (Å²) in [5.74, 6) is -0.667. The van der Waals surface area contributed by atoms with Gasteiger partial charge in [-0.25, -0.2) is 10.2 Å². The molecule has 1 amide bonds. The van der Waals surface area contributed by atoms with Gasteiger partial charge in [-0.1, -0.05) is 42.5 Å². The molecule has 1 aliphatic heterocycles. The van der Waals surface area contributed by atoms with Crippen LogP contribution in [0.5, 0.6) is 0 Å². The molecule has 1 fully saturated rings. The second kappa shape index (κ2) is 11.2. The minimum atomic E-state index is -0.394. The third-order valence-corrected chi connectivity index (χ3v) is 5.83. The van der Waals surface area contributed by atoms with Crippen LogP contribution in [0.15, 0.2) is 84.0 Å². The Kier molecular flexibility index (Phi) is 7.67. The molecule has 1 aliphatic rings. The number of anilines is 1. The molecule has 0 radical (unpaired) electrons. The fourth-order valence-corrected chi connectivity index (χ4v) is 3.88. The van der Waals surface area contributed by atoms with Crippen LogP contribution >= 0.6 is 0 Å². The lowest BCUT2D eigenvalue weighted by atomic mass is 10.1. The second-order valence-corrected chi connectivity index (χ2v) is 8.11. The molecule has 0 spiro atoms. The van der Waals surface area contributed by atoms with E-state index >= 15 is 0 Å². The molecule has 174 valence electrons. The average Bonchev–Trinajstić information content (AvgIpc) is 2.90. The van der Waals surface area contributed by atoms with Gasteiger partial charge in [0, 0.05) is 44.0 Å². The van der Waals surface area contributed by atoms with Gasteiger partial charge in [0.15, 0.2) is 0 Å². The van der Waals surface area contributed by atoms with Crippen molar-refractivity contribution < 1.29 is 14.3 Å². The summed E-state index contributed by atoms with van der Waals surface area (Å²) in [7, 11) is 1.34. The van der Waals surface area contributed by atoms with E-state index in [-0.39, 0.29) is 5.91 Å². The molecule has 3 aromatic rings. The first kappa shape index (κ1) is 23.2. The maximum Gasteiger partial charge on any atom is 0.337 e. The number of benzene rings is 3. The molecule has 0 aliphatic carbocycles.